The number of nitrogens with zero attached hydrogens (tertiary/aromatic N) is 1. The average Bonchev–Trinajstić information content (AvgIpc) is 2.71. The van der Waals surface area contributed by atoms with Gasteiger partial charge in [0.05, 0.1) is 10.5 Å². The molecule has 0 heterocycles. The van der Waals surface area contributed by atoms with Crippen LogP contribution in [0.4, 0.5) is 0 Å². The summed E-state index contributed by atoms with van der Waals surface area (Å²) in [4.78, 5) is 25.5. The van der Waals surface area contributed by atoms with E-state index in [1.165, 1.54) is 16.4 Å². The Morgan fingerprint density at radius 3 is 1.94 bits per heavy atom. The Bertz CT molecular complexity index is 1090. The Morgan fingerprint density at radius 2 is 1.42 bits per heavy atom. The van der Waals surface area contributed by atoms with Crippen LogP contribution < -0.4 is 0 Å². The quantitative estimate of drug-likeness (QED) is 0.447. The topological polar surface area (TPSA) is 80.8 Å². The van der Waals surface area contributed by atoms with E-state index in [1.54, 1.807) is 26.8 Å². The van der Waals surface area contributed by atoms with E-state index >= 15 is 0 Å². The number of ketones is 1. The van der Waals surface area contributed by atoms with E-state index in [0.717, 1.165) is 22.3 Å². The van der Waals surface area contributed by atoms with Crippen LogP contribution in [0.25, 0.3) is 0 Å². The van der Waals surface area contributed by atoms with Gasteiger partial charge in [0.2, 0.25) is 15.8 Å². The molecule has 2 rings (SSSR count). The van der Waals surface area contributed by atoms with Crippen LogP contribution in [0, 0.1) is 34.6 Å². The van der Waals surface area contributed by atoms with E-state index < -0.39 is 22.6 Å². The second kappa shape index (κ2) is 9.75. The number of benzene rings is 2. The van der Waals surface area contributed by atoms with Crippen molar-refractivity contribution in [1.29, 1.82) is 0 Å². The van der Waals surface area contributed by atoms with Crippen molar-refractivity contribution < 1.29 is 22.7 Å². The SMILES string of the molecule is CCN(CC)S(=O)(=O)c1cc(C(=O)OCC(=O)c2c(C)c(C)cc(C)c2C)ccc1C. The number of rotatable bonds is 8. The molecule has 0 aliphatic carbocycles. The minimum Gasteiger partial charge on any atom is -0.454 e. The van der Waals surface area contributed by atoms with Gasteiger partial charge in [-0.15, -0.1) is 0 Å². The smallest absolute Gasteiger partial charge is 0.338 e. The van der Waals surface area contributed by atoms with Crippen LogP contribution in [0.3, 0.4) is 0 Å². The van der Waals surface area contributed by atoms with E-state index in [0.29, 0.717) is 24.2 Å². The van der Waals surface area contributed by atoms with E-state index in [-0.39, 0.29) is 16.2 Å². The summed E-state index contributed by atoms with van der Waals surface area (Å²) < 4.78 is 32.4. The lowest BCUT2D eigenvalue weighted by molar-refractivity contribution is 0.0474. The van der Waals surface area contributed by atoms with Crippen LogP contribution in [0.5, 0.6) is 0 Å². The zero-order chi connectivity index (χ0) is 23.5. The second-order valence-electron chi connectivity index (χ2n) is 7.70. The molecular formula is C24H31NO5S. The summed E-state index contributed by atoms with van der Waals surface area (Å²) in [5.41, 5.74) is 4.95. The van der Waals surface area contributed by atoms with E-state index in [9.17, 15) is 18.0 Å². The fourth-order valence-electron chi connectivity index (χ4n) is 3.63. The predicted molar refractivity (Wildman–Crippen MR) is 121 cm³/mol. The monoisotopic (exact) mass is 445 g/mol. The molecular weight excluding hydrogens is 414 g/mol. The highest BCUT2D eigenvalue weighted by Gasteiger charge is 2.25. The van der Waals surface area contributed by atoms with Gasteiger partial charge in [-0.2, -0.15) is 4.31 Å². The lowest BCUT2D eigenvalue weighted by atomic mass is 9.92. The summed E-state index contributed by atoms with van der Waals surface area (Å²) in [6, 6.07) is 6.43. The Labute approximate surface area is 185 Å². The van der Waals surface area contributed by atoms with Gasteiger partial charge in [-0.1, -0.05) is 26.0 Å². The number of ether oxygens (including phenoxy) is 1. The van der Waals surface area contributed by atoms with Crippen molar-refractivity contribution in [1.82, 2.24) is 4.31 Å². The maximum absolute atomic E-state index is 12.9. The van der Waals surface area contributed by atoms with Gasteiger partial charge in [0, 0.05) is 18.7 Å². The highest BCUT2D eigenvalue weighted by atomic mass is 32.2. The maximum atomic E-state index is 12.9. The van der Waals surface area contributed by atoms with Gasteiger partial charge in [-0.3, -0.25) is 4.79 Å². The van der Waals surface area contributed by atoms with Gasteiger partial charge in [0.25, 0.3) is 0 Å². The Morgan fingerprint density at radius 1 is 0.871 bits per heavy atom. The highest BCUT2D eigenvalue weighted by Crippen LogP contribution is 2.24. The Balaban J connectivity index is 2.28. The summed E-state index contributed by atoms with van der Waals surface area (Å²) in [6.45, 7) is 13.1. The van der Waals surface area contributed by atoms with Crippen molar-refractivity contribution >= 4 is 21.8 Å². The summed E-state index contributed by atoms with van der Waals surface area (Å²) >= 11 is 0. The Hall–Kier alpha value is -2.51. The molecule has 0 saturated carbocycles. The van der Waals surface area contributed by atoms with Gasteiger partial charge >= 0.3 is 5.97 Å². The molecule has 0 fully saturated rings. The molecule has 0 aliphatic rings. The molecule has 0 N–H and O–H groups in total. The molecule has 0 unspecified atom stereocenters. The van der Waals surface area contributed by atoms with Crippen LogP contribution in [0.15, 0.2) is 29.2 Å². The van der Waals surface area contributed by atoms with Gasteiger partial charge in [0.1, 0.15) is 0 Å². The van der Waals surface area contributed by atoms with Crippen molar-refractivity contribution in [3.63, 3.8) is 0 Å². The Kier molecular flexibility index (Phi) is 7.78. The third kappa shape index (κ3) is 5.05. The molecule has 0 aromatic heterocycles. The molecule has 0 radical (unpaired) electrons. The first kappa shape index (κ1) is 24.8. The first-order valence-electron chi connectivity index (χ1n) is 10.3. The number of Topliss-reactive ketones (excluding diaryl/α,β-unsaturated/α-hetero) is 1. The van der Waals surface area contributed by atoms with Crippen molar-refractivity contribution in [3.05, 3.63) is 63.2 Å². The molecule has 0 aliphatic heterocycles. The van der Waals surface area contributed by atoms with Crippen LogP contribution in [-0.4, -0.2) is 44.2 Å². The number of hydrogen-bond acceptors (Lipinski definition) is 5. The van der Waals surface area contributed by atoms with Gasteiger partial charge in [-0.05, 0) is 74.6 Å². The van der Waals surface area contributed by atoms with Crippen LogP contribution in [0.1, 0.15) is 62.4 Å². The summed E-state index contributed by atoms with van der Waals surface area (Å²) in [5.74, 6) is -1.01. The third-order valence-corrected chi connectivity index (χ3v) is 7.92. The number of carbonyl (C=O) groups is 2. The highest BCUT2D eigenvalue weighted by molar-refractivity contribution is 7.89. The molecule has 6 nitrogen and oxygen atoms in total. The molecule has 0 bridgehead atoms. The van der Waals surface area contributed by atoms with Crippen LogP contribution in [-0.2, 0) is 14.8 Å². The third-order valence-electron chi connectivity index (χ3n) is 5.73. The van der Waals surface area contributed by atoms with Crippen molar-refractivity contribution in [2.75, 3.05) is 19.7 Å². The number of hydrogen-bond donors (Lipinski definition) is 0. The zero-order valence-electron chi connectivity index (χ0n) is 19.3. The first-order chi connectivity index (χ1) is 14.4. The first-order valence-corrected chi connectivity index (χ1v) is 11.8. The van der Waals surface area contributed by atoms with Crippen LogP contribution >= 0.6 is 0 Å². The number of carbonyl (C=O) groups excluding carboxylic acids is 2. The lowest BCUT2D eigenvalue weighted by Gasteiger charge is -2.20. The summed E-state index contributed by atoms with van der Waals surface area (Å²) in [7, 11) is -3.72. The fourth-order valence-corrected chi connectivity index (χ4v) is 5.34. The maximum Gasteiger partial charge on any atom is 0.338 e. The number of sulfonamides is 1. The summed E-state index contributed by atoms with van der Waals surface area (Å²) in [5, 5.41) is 0. The van der Waals surface area contributed by atoms with Gasteiger partial charge in [-0.25, -0.2) is 13.2 Å². The summed E-state index contributed by atoms with van der Waals surface area (Å²) in [6.07, 6.45) is 0. The largest absolute Gasteiger partial charge is 0.454 e. The molecule has 0 atom stereocenters. The minimum atomic E-state index is -3.72. The molecule has 31 heavy (non-hydrogen) atoms. The van der Waals surface area contributed by atoms with E-state index in [2.05, 4.69) is 0 Å². The minimum absolute atomic E-state index is 0.0676. The van der Waals surface area contributed by atoms with Gasteiger partial charge < -0.3 is 4.74 Å². The van der Waals surface area contributed by atoms with E-state index in [4.69, 9.17) is 4.74 Å². The molecule has 0 saturated heterocycles. The molecule has 7 heteroatoms. The number of aryl methyl sites for hydroxylation is 3. The van der Waals surface area contributed by atoms with Gasteiger partial charge in [0.15, 0.2) is 6.61 Å². The number of esters is 1. The standard InChI is InChI=1S/C24H31NO5S/c1-8-25(9-2)31(28,29)22-13-20(11-10-15(22)3)24(27)30-14-21(26)23-18(6)16(4)12-17(5)19(23)7/h10-13H,8-9,14H2,1-7H3. The molecule has 2 aromatic carbocycles. The molecule has 2 aromatic rings. The second-order valence-corrected chi connectivity index (χ2v) is 9.61. The normalized spacial score (nSPS) is 11.6. The van der Waals surface area contributed by atoms with Crippen LogP contribution in [0.2, 0.25) is 0 Å². The van der Waals surface area contributed by atoms with E-state index in [1.807, 2.05) is 33.8 Å². The average molecular weight is 446 g/mol. The lowest BCUT2D eigenvalue weighted by Crippen LogP contribution is -2.31. The molecule has 0 spiro atoms. The molecule has 168 valence electrons. The zero-order valence-corrected chi connectivity index (χ0v) is 20.1. The van der Waals surface area contributed by atoms with Crippen molar-refractivity contribution in [2.45, 2.75) is 53.4 Å². The van der Waals surface area contributed by atoms with Crippen molar-refractivity contribution in [2.24, 2.45) is 0 Å². The molecule has 0 amide bonds. The van der Waals surface area contributed by atoms with Crippen molar-refractivity contribution in [3.8, 4) is 0 Å². The predicted octanol–water partition coefficient (Wildman–Crippen LogP) is 4.30. The fraction of sp³-hybridized carbons (Fsp3) is 0.417.